The van der Waals surface area contributed by atoms with E-state index in [9.17, 15) is 9.90 Å². The van der Waals surface area contributed by atoms with Gasteiger partial charge in [-0.15, -0.1) is 0 Å². The molecule has 0 aliphatic rings. The lowest BCUT2D eigenvalue weighted by Gasteiger charge is -2.06. The van der Waals surface area contributed by atoms with Gasteiger partial charge in [0.05, 0.1) is 12.7 Å². The monoisotopic (exact) mass is 356 g/mol. The number of aliphatic hydroxyl groups is 2. The van der Waals surface area contributed by atoms with Gasteiger partial charge in [0.1, 0.15) is 0 Å². The molecule has 4 heteroatoms. The molecule has 0 heterocycles. The topological polar surface area (TPSA) is 77.8 Å². The van der Waals surface area contributed by atoms with Crippen LogP contribution in [0.1, 0.15) is 103 Å². The highest BCUT2D eigenvalue weighted by Gasteiger charge is 2.00. The van der Waals surface area contributed by atoms with Crippen LogP contribution in [0.25, 0.3) is 0 Å². The van der Waals surface area contributed by atoms with E-state index in [0.29, 0.717) is 6.42 Å². The molecule has 0 saturated heterocycles. The van der Waals surface area contributed by atoms with E-state index in [1.165, 1.54) is 51.4 Å². The summed E-state index contributed by atoms with van der Waals surface area (Å²) in [5, 5.41) is 26.5. The SMILES string of the molecule is O=C(O)CCCCCCC/C=C\CCCCCCCCCC(O)CO. The fourth-order valence-corrected chi connectivity index (χ4v) is 2.92. The predicted octanol–water partition coefficient (Wildman–Crippen LogP) is 5.22. The quantitative estimate of drug-likeness (QED) is 0.219. The highest BCUT2D eigenvalue weighted by Crippen LogP contribution is 2.11. The van der Waals surface area contributed by atoms with Crippen molar-refractivity contribution in [1.29, 1.82) is 0 Å². The van der Waals surface area contributed by atoms with Gasteiger partial charge in [-0.2, -0.15) is 0 Å². The molecule has 1 unspecified atom stereocenters. The molecule has 4 nitrogen and oxygen atoms in total. The number of hydrogen-bond donors (Lipinski definition) is 3. The molecule has 3 N–H and O–H groups in total. The van der Waals surface area contributed by atoms with Crippen molar-refractivity contribution in [2.24, 2.45) is 0 Å². The molecule has 0 radical (unpaired) electrons. The highest BCUT2D eigenvalue weighted by atomic mass is 16.4. The maximum Gasteiger partial charge on any atom is 0.303 e. The summed E-state index contributed by atoms with van der Waals surface area (Å²) in [6, 6.07) is 0. The minimum atomic E-state index is -0.680. The van der Waals surface area contributed by atoms with Gasteiger partial charge in [-0.25, -0.2) is 0 Å². The van der Waals surface area contributed by atoms with Gasteiger partial charge < -0.3 is 15.3 Å². The van der Waals surface area contributed by atoms with Gasteiger partial charge in [-0.1, -0.05) is 69.9 Å². The normalized spacial score (nSPS) is 12.7. The Bertz CT molecular complexity index is 315. The van der Waals surface area contributed by atoms with E-state index < -0.39 is 12.1 Å². The fourth-order valence-electron chi connectivity index (χ4n) is 2.92. The largest absolute Gasteiger partial charge is 0.481 e. The zero-order valence-electron chi connectivity index (χ0n) is 16.0. The highest BCUT2D eigenvalue weighted by molar-refractivity contribution is 5.66. The first-order valence-electron chi connectivity index (χ1n) is 10.3. The number of hydrogen-bond acceptors (Lipinski definition) is 3. The van der Waals surface area contributed by atoms with E-state index in [2.05, 4.69) is 12.2 Å². The van der Waals surface area contributed by atoms with Crippen LogP contribution in [0.15, 0.2) is 12.2 Å². The van der Waals surface area contributed by atoms with Crippen LogP contribution in [0.2, 0.25) is 0 Å². The molecule has 0 aliphatic heterocycles. The van der Waals surface area contributed by atoms with Crippen molar-refractivity contribution in [2.45, 2.75) is 109 Å². The fraction of sp³-hybridized carbons (Fsp3) is 0.857. The first-order valence-corrected chi connectivity index (χ1v) is 10.3. The van der Waals surface area contributed by atoms with Gasteiger partial charge in [0, 0.05) is 6.42 Å². The van der Waals surface area contributed by atoms with Crippen LogP contribution in [0.3, 0.4) is 0 Å². The van der Waals surface area contributed by atoms with Gasteiger partial charge in [-0.05, 0) is 38.5 Å². The molecule has 0 fully saturated rings. The maximum absolute atomic E-state index is 10.4. The standard InChI is InChI=1S/C21H40O4/c22-19-20(23)17-15-13-11-9-7-5-3-1-2-4-6-8-10-12-14-16-18-21(24)25/h2,4,20,22-23H,1,3,5-19H2,(H,24,25)/b4-2-. The summed E-state index contributed by atoms with van der Waals surface area (Å²) in [6.45, 7) is -0.111. The zero-order chi connectivity index (χ0) is 18.6. The molecule has 0 aromatic carbocycles. The number of carbonyl (C=O) groups is 1. The lowest BCUT2D eigenvalue weighted by molar-refractivity contribution is -0.137. The second-order valence-electron chi connectivity index (χ2n) is 7.06. The van der Waals surface area contributed by atoms with Crippen LogP contribution in [0, 0.1) is 0 Å². The van der Waals surface area contributed by atoms with Crippen LogP contribution in [0.5, 0.6) is 0 Å². The number of aliphatic carboxylic acids is 1. The average Bonchev–Trinajstić information content (AvgIpc) is 2.60. The molecular formula is C21H40O4. The summed E-state index contributed by atoms with van der Waals surface area (Å²) >= 11 is 0. The van der Waals surface area contributed by atoms with E-state index >= 15 is 0 Å². The minimum absolute atomic E-state index is 0.111. The van der Waals surface area contributed by atoms with Crippen molar-refractivity contribution in [1.82, 2.24) is 0 Å². The van der Waals surface area contributed by atoms with E-state index in [4.69, 9.17) is 10.2 Å². The second kappa shape index (κ2) is 19.5. The number of rotatable bonds is 19. The van der Waals surface area contributed by atoms with Crippen molar-refractivity contribution in [3.63, 3.8) is 0 Å². The maximum atomic E-state index is 10.4. The third kappa shape index (κ3) is 21.1. The molecule has 0 saturated carbocycles. The van der Waals surface area contributed by atoms with Crippen molar-refractivity contribution < 1.29 is 20.1 Å². The summed E-state index contributed by atoms with van der Waals surface area (Å²) < 4.78 is 0. The Hall–Kier alpha value is -0.870. The van der Waals surface area contributed by atoms with Crippen molar-refractivity contribution in [3.8, 4) is 0 Å². The molecule has 148 valence electrons. The lowest BCUT2D eigenvalue weighted by Crippen LogP contribution is -2.10. The molecule has 0 rings (SSSR count). The van der Waals surface area contributed by atoms with E-state index in [1.54, 1.807) is 0 Å². The number of carboxylic acids is 1. The molecule has 0 spiro atoms. The third-order valence-corrected chi connectivity index (χ3v) is 4.55. The summed E-state index contributed by atoms with van der Waals surface area (Å²) in [7, 11) is 0. The van der Waals surface area contributed by atoms with E-state index in [0.717, 1.165) is 44.9 Å². The molecular weight excluding hydrogens is 316 g/mol. The lowest BCUT2D eigenvalue weighted by atomic mass is 10.1. The number of allylic oxidation sites excluding steroid dienone is 2. The molecule has 25 heavy (non-hydrogen) atoms. The second-order valence-corrected chi connectivity index (χ2v) is 7.06. The molecule has 0 aliphatic carbocycles. The summed E-state index contributed by atoms with van der Waals surface area (Å²) in [6.07, 6.45) is 21.4. The third-order valence-electron chi connectivity index (χ3n) is 4.55. The Labute approximate surface area is 154 Å². The molecule has 1 atom stereocenters. The number of carboxylic acid groups (broad SMARTS) is 1. The van der Waals surface area contributed by atoms with Crippen molar-refractivity contribution in [3.05, 3.63) is 12.2 Å². The Morgan fingerprint density at radius 2 is 1.16 bits per heavy atom. The van der Waals surface area contributed by atoms with Gasteiger partial charge in [0.2, 0.25) is 0 Å². The first-order chi connectivity index (χ1) is 12.2. The molecule has 0 bridgehead atoms. The Morgan fingerprint density at radius 3 is 1.64 bits per heavy atom. The van der Waals surface area contributed by atoms with E-state index in [1.807, 2.05) is 0 Å². The number of unbranched alkanes of at least 4 members (excludes halogenated alkanes) is 12. The number of aliphatic hydroxyl groups excluding tert-OH is 2. The van der Waals surface area contributed by atoms with Gasteiger partial charge in [-0.3, -0.25) is 4.79 Å². The van der Waals surface area contributed by atoms with Crippen LogP contribution < -0.4 is 0 Å². The van der Waals surface area contributed by atoms with Crippen LogP contribution >= 0.6 is 0 Å². The Kier molecular flexibility index (Phi) is 18.8. The summed E-state index contributed by atoms with van der Waals surface area (Å²) in [5.41, 5.74) is 0. The average molecular weight is 357 g/mol. The van der Waals surface area contributed by atoms with Gasteiger partial charge >= 0.3 is 5.97 Å². The van der Waals surface area contributed by atoms with Crippen LogP contribution in [-0.2, 0) is 4.79 Å². The smallest absolute Gasteiger partial charge is 0.303 e. The molecule has 0 amide bonds. The van der Waals surface area contributed by atoms with Crippen molar-refractivity contribution >= 4 is 5.97 Å². The summed E-state index contributed by atoms with van der Waals surface area (Å²) in [5.74, 6) is -0.680. The Morgan fingerprint density at radius 1 is 0.720 bits per heavy atom. The molecule has 0 aromatic rings. The summed E-state index contributed by atoms with van der Waals surface area (Å²) in [4.78, 5) is 10.4. The van der Waals surface area contributed by atoms with E-state index in [-0.39, 0.29) is 6.61 Å². The predicted molar refractivity (Wildman–Crippen MR) is 104 cm³/mol. The minimum Gasteiger partial charge on any atom is -0.481 e. The van der Waals surface area contributed by atoms with Gasteiger partial charge in [0.15, 0.2) is 0 Å². The van der Waals surface area contributed by atoms with Crippen LogP contribution in [-0.4, -0.2) is 34.0 Å². The van der Waals surface area contributed by atoms with Crippen molar-refractivity contribution in [2.75, 3.05) is 6.61 Å². The zero-order valence-corrected chi connectivity index (χ0v) is 16.0. The van der Waals surface area contributed by atoms with Gasteiger partial charge in [0.25, 0.3) is 0 Å². The van der Waals surface area contributed by atoms with Crippen LogP contribution in [0.4, 0.5) is 0 Å². The Balaban J connectivity index is 3.12. The first kappa shape index (κ1) is 24.1. The molecule has 0 aromatic heterocycles.